The van der Waals surface area contributed by atoms with Crippen LogP contribution in [0.1, 0.15) is 23.5 Å². The van der Waals surface area contributed by atoms with E-state index in [-0.39, 0.29) is 11.8 Å². The average Bonchev–Trinajstić information content (AvgIpc) is 2.86. The van der Waals surface area contributed by atoms with E-state index in [1.807, 2.05) is 85.0 Å². The number of carbonyl (C=O) groups is 1. The zero-order valence-electron chi connectivity index (χ0n) is 18.8. The molecular formula is C29H27NO3. The molecule has 0 saturated carbocycles. The summed E-state index contributed by atoms with van der Waals surface area (Å²) in [5.41, 5.74) is 3.84. The van der Waals surface area contributed by atoms with Crippen LogP contribution < -0.4 is 14.4 Å². The first kappa shape index (κ1) is 22.2. The summed E-state index contributed by atoms with van der Waals surface area (Å²) in [5, 5.41) is 0. The molecule has 1 aliphatic heterocycles. The fourth-order valence-electron chi connectivity index (χ4n) is 3.83. The second-order valence-electron chi connectivity index (χ2n) is 7.72. The van der Waals surface area contributed by atoms with Crippen LogP contribution in [0.4, 0.5) is 5.69 Å². The zero-order valence-corrected chi connectivity index (χ0v) is 18.8. The van der Waals surface area contributed by atoms with Gasteiger partial charge in [-0.2, -0.15) is 0 Å². The molecule has 1 aliphatic rings. The van der Waals surface area contributed by atoms with Crippen molar-refractivity contribution in [2.45, 2.75) is 12.3 Å². The molecule has 1 unspecified atom stereocenters. The average molecular weight is 438 g/mol. The molecule has 0 aliphatic carbocycles. The van der Waals surface area contributed by atoms with Gasteiger partial charge in [0.25, 0.3) is 5.91 Å². The van der Waals surface area contributed by atoms with Crippen molar-refractivity contribution < 1.29 is 14.3 Å². The highest BCUT2D eigenvalue weighted by atomic mass is 16.5. The summed E-state index contributed by atoms with van der Waals surface area (Å²) in [6.07, 6.45) is 10.5. The highest BCUT2D eigenvalue weighted by Crippen LogP contribution is 2.31. The van der Waals surface area contributed by atoms with E-state index in [9.17, 15) is 4.79 Å². The number of amides is 1. The SMILES string of the molecule is COc1ccc(/C=C/C2=C/C(c3ccc(OC)cc3)C/C=C\C(=O)N2c2ccccc2)cc1. The number of ether oxygens (including phenoxy) is 2. The molecule has 3 aromatic carbocycles. The Balaban J connectivity index is 1.76. The maximum atomic E-state index is 13.1. The van der Waals surface area contributed by atoms with Gasteiger partial charge < -0.3 is 9.47 Å². The Hall–Kier alpha value is -4.05. The lowest BCUT2D eigenvalue weighted by molar-refractivity contribution is -0.113. The molecule has 3 aromatic rings. The van der Waals surface area contributed by atoms with E-state index >= 15 is 0 Å². The smallest absolute Gasteiger partial charge is 0.255 e. The fraction of sp³-hybridized carbons (Fsp3) is 0.138. The lowest BCUT2D eigenvalue weighted by Crippen LogP contribution is -2.29. The minimum atomic E-state index is -0.0694. The highest BCUT2D eigenvalue weighted by molar-refractivity contribution is 6.04. The Labute approximate surface area is 195 Å². The summed E-state index contributed by atoms with van der Waals surface area (Å²) in [6.45, 7) is 0. The summed E-state index contributed by atoms with van der Waals surface area (Å²) in [6, 6.07) is 25.7. The summed E-state index contributed by atoms with van der Waals surface area (Å²) < 4.78 is 10.6. The van der Waals surface area contributed by atoms with E-state index in [0.717, 1.165) is 40.4 Å². The van der Waals surface area contributed by atoms with Gasteiger partial charge in [-0.05, 0) is 66.1 Å². The summed E-state index contributed by atoms with van der Waals surface area (Å²) in [4.78, 5) is 14.9. The predicted molar refractivity (Wildman–Crippen MR) is 134 cm³/mol. The number of methoxy groups -OCH3 is 2. The highest BCUT2D eigenvalue weighted by Gasteiger charge is 2.21. The standard InChI is InChI=1S/C29H27NO3/c1-32-27-17-12-22(13-18-27)11-16-26-21-24(23-14-19-28(33-2)20-15-23)7-6-10-29(31)30(26)25-8-4-3-5-9-25/h3-6,8-21,24H,7H2,1-2H3/b10-6-,16-11+,26-21-. The number of para-hydroxylation sites is 1. The first-order valence-corrected chi connectivity index (χ1v) is 10.9. The van der Waals surface area contributed by atoms with Gasteiger partial charge in [-0.25, -0.2) is 0 Å². The number of hydrogen-bond acceptors (Lipinski definition) is 3. The van der Waals surface area contributed by atoms with E-state index in [1.165, 1.54) is 0 Å². The van der Waals surface area contributed by atoms with Crippen molar-refractivity contribution in [3.63, 3.8) is 0 Å². The first-order chi connectivity index (χ1) is 16.2. The largest absolute Gasteiger partial charge is 0.497 e. The quantitative estimate of drug-likeness (QED) is 0.449. The third-order valence-corrected chi connectivity index (χ3v) is 5.62. The molecule has 1 amide bonds. The van der Waals surface area contributed by atoms with Crippen LogP contribution >= 0.6 is 0 Å². The van der Waals surface area contributed by atoms with Crippen LogP contribution in [0.15, 0.2) is 109 Å². The van der Waals surface area contributed by atoms with E-state index in [1.54, 1.807) is 25.2 Å². The van der Waals surface area contributed by atoms with E-state index in [2.05, 4.69) is 18.2 Å². The molecule has 0 fully saturated rings. The molecule has 0 radical (unpaired) electrons. The Morgan fingerprint density at radius 2 is 1.45 bits per heavy atom. The van der Waals surface area contributed by atoms with Crippen LogP contribution in [0.5, 0.6) is 11.5 Å². The third kappa shape index (κ3) is 5.42. The lowest BCUT2D eigenvalue weighted by atomic mass is 9.92. The predicted octanol–water partition coefficient (Wildman–Crippen LogP) is 6.38. The van der Waals surface area contributed by atoms with Crippen molar-refractivity contribution >= 4 is 17.7 Å². The minimum Gasteiger partial charge on any atom is -0.497 e. The second kappa shape index (κ2) is 10.5. The van der Waals surface area contributed by atoms with Gasteiger partial charge in [0.2, 0.25) is 0 Å². The Morgan fingerprint density at radius 3 is 2.09 bits per heavy atom. The Bertz CT molecular complexity index is 1160. The molecule has 0 spiro atoms. The number of anilines is 1. The topological polar surface area (TPSA) is 38.8 Å². The zero-order chi connectivity index (χ0) is 23.0. The monoisotopic (exact) mass is 437 g/mol. The van der Waals surface area contributed by atoms with E-state index in [4.69, 9.17) is 9.47 Å². The molecule has 4 heteroatoms. The molecule has 4 rings (SSSR count). The van der Waals surface area contributed by atoms with Crippen LogP contribution in [-0.4, -0.2) is 20.1 Å². The van der Waals surface area contributed by atoms with E-state index in [0.29, 0.717) is 0 Å². The molecular weight excluding hydrogens is 410 g/mol. The van der Waals surface area contributed by atoms with Crippen LogP contribution in [-0.2, 0) is 4.79 Å². The normalized spacial score (nSPS) is 18.8. The number of hydrogen-bond donors (Lipinski definition) is 0. The van der Waals surface area contributed by atoms with Crippen LogP contribution in [0.3, 0.4) is 0 Å². The molecule has 0 saturated heterocycles. The van der Waals surface area contributed by atoms with Crippen molar-refractivity contribution in [1.29, 1.82) is 0 Å². The molecule has 0 N–H and O–H groups in total. The molecule has 0 aromatic heterocycles. The van der Waals surface area contributed by atoms with Gasteiger partial charge in [0.1, 0.15) is 11.5 Å². The molecule has 4 nitrogen and oxygen atoms in total. The van der Waals surface area contributed by atoms with Gasteiger partial charge in [0.15, 0.2) is 0 Å². The van der Waals surface area contributed by atoms with Gasteiger partial charge in [0.05, 0.1) is 14.2 Å². The maximum Gasteiger partial charge on any atom is 0.255 e. The van der Waals surface area contributed by atoms with Gasteiger partial charge in [-0.3, -0.25) is 9.69 Å². The molecule has 33 heavy (non-hydrogen) atoms. The molecule has 0 bridgehead atoms. The summed E-state index contributed by atoms with van der Waals surface area (Å²) in [7, 11) is 3.32. The van der Waals surface area contributed by atoms with Gasteiger partial charge in [-0.1, -0.05) is 60.7 Å². The molecule has 1 heterocycles. The van der Waals surface area contributed by atoms with Gasteiger partial charge in [-0.15, -0.1) is 0 Å². The minimum absolute atomic E-state index is 0.0694. The fourth-order valence-corrected chi connectivity index (χ4v) is 3.83. The molecule has 166 valence electrons. The van der Waals surface area contributed by atoms with Crippen LogP contribution in [0, 0.1) is 0 Å². The number of benzene rings is 3. The number of nitrogens with zero attached hydrogens (tertiary/aromatic N) is 1. The summed E-state index contributed by atoms with van der Waals surface area (Å²) in [5.74, 6) is 1.68. The van der Waals surface area contributed by atoms with Crippen molar-refractivity contribution in [2.24, 2.45) is 0 Å². The number of carbonyl (C=O) groups excluding carboxylic acids is 1. The lowest BCUT2D eigenvalue weighted by Gasteiger charge is -2.26. The van der Waals surface area contributed by atoms with E-state index < -0.39 is 0 Å². The van der Waals surface area contributed by atoms with Crippen molar-refractivity contribution in [1.82, 2.24) is 0 Å². The summed E-state index contributed by atoms with van der Waals surface area (Å²) >= 11 is 0. The Morgan fingerprint density at radius 1 is 0.818 bits per heavy atom. The number of rotatable bonds is 6. The van der Waals surface area contributed by atoms with Gasteiger partial charge >= 0.3 is 0 Å². The van der Waals surface area contributed by atoms with Crippen LogP contribution in [0.2, 0.25) is 0 Å². The van der Waals surface area contributed by atoms with Crippen LogP contribution in [0.25, 0.3) is 6.08 Å². The number of allylic oxidation sites excluding steroid dienone is 3. The second-order valence-corrected chi connectivity index (χ2v) is 7.72. The third-order valence-electron chi connectivity index (χ3n) is 5.62. The maximum absolute atomic E-state index is 13.1. The first-order valence-electron chi connectivity index (χ1n) is 10.9. The van der Waals surface area contributed by atoms with Crippen molar-refractivity contribution in [3.8, 4) is 11.5 Å². The molecule has 1 atom stereocenters. The van der Waals surface area contributed by atoms with Crippen molar-refractivity contribution in [2.75, 3.05) is 19.1 Å². The van der Waals surface area contributed by atoms with Gasteiger partial charge in [0, 0.05) is 17.3 Å². The Kier molecular flexibility index (Phi) is 7.06. The van der Waals surface area contributed by atoms with Crippen molar-refractivity contribution in [3.05, 3.63) is 120 Å².